The number of carbonyl (C=O) groups is 1. The number of esters is 1. The van der Waals surface area contributed by atoms with Gasteiger partial charge in [-0.25, -0.2) is 9.97 Å². The number of aromatic nitrogens is 2. The third-order valence-electron chi connectivity index (χ3n) is 2.71. The zero-order chi connectivity index (χ0) is 16.7. The maximum absolute atomic E-state index is 11.7. The summed E-state index contributed by atoms with van der Waals surface area (Å²) >= 11 is 4.62. The van der Waals surface area contributed by atoms with Gasteiger partial charge in [-0.15, -0.1) is 0 Å². The van der Waals surface area contributed by atoms with E-state index in [-0.39, 0.29) is 18.3 Å². The molecule has 0 aliphatic carbocycles. The van der Waals surface area contributed by atoms with E-state index in [1.54, 1.807) is 0 Å². The number of hydrogen-bond acceptors (Lipinski definition) is 6. The number of aryl methyl sites for hydroxylation is 2. The van der Waals surface area contributed by atoms with Gasteiger partial charge in [-0.05, 0) is 44.2 Å². The Labute approximate surface area is 147 Å². The van der Waals surface area contributed by atoms with Gasteiger partial charge in [0.1, 0.15) is 19.0 Å². The second-order valence-electron chi connectivity index (χ2n) is 4.74. The molecule has 0 unspecified atom stereocenters. The van der Waals surface area contributed by atoms with Crippen LogP contribution in [-0.2, 0) is 9.53 Å². The summed E-state index contributed by atoms with van der Waals surface area (Å²) in [7, 11) is 0. The Morgan fingerprint density at radius 3 is 2.43 bits per heavy atom. The fourth-order valence-electron chi connectivity index (χ4n) is 1.77. The molecule has 7 heteroatoms. The Balaban J connectivity index is 1.66. The van der Waals surface area contributed by atoms with Crippen molar-refractivity contribution in [3.63, 3.8) is 0 Å². The number of ether oxygens (including phenoxy) is 2. The van der Waals surface area contributed by atoms with Crippen LogP contribution in [0.15, 0.2) is 40.0 Å². The van der Waals surface area contributed by atoms with Gasteiger partial charge in [0, 0.05) is 15.9 Å². The van der Waals surface area contributed by atoms with Crippen molar-refractivity contribution in [1.82, 2.24) is 9.97 Å². The minimum atomic E-state index is -0.308. The van der Waals surface area contributed by atoms with Crippen molar-refractivity contribution in [1.29, 1.82) is 0 Å². The monoisotopic (exact) mass is 396 g/mol. The van der Waals surface area contributed by atoms with Crippen molar-refractivity contribution < 1.29 is 14.3 Å². The Morgan fingerprint density at radius 1 is 1.13 bits per heavy atom. The number of carbonyl (C=O) groups excluding carboxylic acids is 1. The van der Waals surface area contributed by atoms with E-state index < -0.39 is 0 Å². The standard InChI is InChI=1S/C16H17BrN2O3S/c1-11-9-12(2)19-16(18-11)23-10-15(20)22-8-7-21-14-5-3-13(17)4-6-14/h3-6,9H,7-8,10H2,1-2H3. The number of nitrogens with zero attached hydrogens (tertiary/aromatic N) is 2. The first-order valence-corrected chi connectivity index (χ1v) is 8.80. The second-order valence-corrected chi connectivity index (χ2v) is 6.60. The first kappa shape index (κ1) is 17.7. The molecular weight excluding hydrogens is 380 g/mol. The molecule has 0 spiro atoms. The molecule has 0 atom stereocenters. The molecule has 0 bridgehead atoms. The van der Waals surface area contributed by atoms with E-state index in [0.717, 1.165) is 21.6 Å². The van der Waals surface area contributed by atoms with Crippen LogP contribution in [0, 0.1) is 13.8 Å². The van der Waals surface area contributed by atoms with Crippen molar-refractivity contribution >= 4 is 33.7 Å². The van der Waals surface area contributed by atoms with Gasteiger partial charge in [-0.1, -0.05) is 27.7 Å². The molecule has 2 aromatic rings. The molecule has 5 nitrogen and oxygen atoms in total. The van der Waals surface area contributed by atoms with Crippen molar-refractivity contribution in [3.05, 3.63) is 46.2 Å². The Bertz CT molecular complexity index is 645. The summed E-state index contributed by atoms with van der Waals surface area (Å²) in [6.07, 6.45) is 0. The predicted molar refractivity (Wildman–Crippen MR) is 92.8 cm³/mol. The number of rotatable bonds is 7. The van der Waals surface area contributed by atoms with Gasteiger partial charge in [-0.2, -0.15) is 0 Å². The minimum absolute atomic E-state index is 0.182. The topological polar surface area (TPSA) is 61.3 Å². The fourth-order valence-corrected chi connectivity index (χ4v) is 2.78. The summed E-state index contributed by atoms with van der Waals surface area (Å²) < 4.78 is 11.6. The van der Waals surface area contributed by atoms with Gasteiger partial charge < -0.3 is 9.47 Å². The molecule has 0 saturated carbocycles. The van der Waals surface area contributed by atoms with Crippen molar-refractivity contribution in [2.24, 2.45) is 0 Å². The third-order valence-corrected chi connectivity index (χ3v) is 4.06. The van der Waals surface area contributed by atoms with Crippen LogP contribution in [0.5, 0.6) is 5.75 Å². The number of halogens is 1. The normalized spacial score (nSPS) is 10.4. The molecule has 1 aromatic heterocycles. The number of benzene rings is 1. The molecule has 0 fully saturated rings. The van der Waals surface area contributed by atoms with E-state index in [0.29, 0.717) is 11.8 Å². The lowest BCUT2D eigenvalue weighted by Gasteiger charge is -2.07. The minimum Gasteiger partial charge on any atom is -0.490 e. The highest BCUT2D eigenvalue weighted by atomic mass is 79.9. The van der Waals surface area contributed by atoms with Gasteiger partial charge in [0.2, 0.25) is 0 Å². The van der Waals surface area contributed by atoms with Crippen LogP contribution in [0.2, 0.25) is 0 Å². The summed E-state index contributed by atoms with van der Waals surface area (Å²) in [6.45, 7) is 4.33. The van der Waals surface area contributed by atoms with E-state index in [9.17, 15) is 4.79 Å². The average molecular weight is 397 g/mol. The second kappa shape index (κ2) is 8.88. The van der Waals surface area contributed by atoms with Gasteiger partial charge in [0.25, 0.3) is 0 Å². The molecule has 0 amide bonds. The average Bonchev–Trinajstić information content (AvgIpc) is 2.50. The summed E-state index contributed by atoms with van der Waals surface area (Å²) in [6, 6.07) is 9.36. The van der Waals surface area contributed by atoms with Crippen molar-refractivity contribution in [2.45, 2.75) is 19.0 Å². The molecule has 0 radical (unpaired) electrons. The molecule has 0 aliphatic heterocycles. The van der Waals surface area contributed by atoms with Crippen LogP contribution in [0.1, 0.15) is 11.4 Å². The molecule has 23 heavy (non-hydrogen) atoms. The Kier molecular flexibility index (Phi) is 6.85. The largest absolute Gasteiger partial charge is 0.490 e. The van der Waals surface area contributed by atoms with Crippen LogP contribution in [0.4, 0.5) is 0 Å². The predicted octanol–water partition coefficient (Wildman–Crippen LogP) is 3.57. The molecule has 1 heterocycles. The van der Waals surface area contributed by atoms with Crippen LogP contribution < -0.4 is 4.74 Å². The molecule has 0 N–H and O–H groups in total. The Hall–Kier alpha value is -1.60. The van der Waals surface area contributed by atoms with E-state index in [1.165, 1.54) is 11.8 Å². The maximum atomic E-state index is 11.7. The Morgan fingerprint density at radius 2 is 1.78 bits per heavy atom. The van der Waals surface area contributed by atoms with E-state index in [4.69, 9.17) is 9.47 Å². The molecule has 122 valence electrons. The molecule has 2 rings (SSSR count). The fraction of sp³-hybridized carbons (Fsp3) is 0.312. The number of thioether (sulfide) groups is 1. The van der Waals surface area contributed by atoms with E-state index >= 15 is 0 Å². The highest BCUT2D eigenvalue weighted by Crippen LogP contribution is 2.16. The molecule has 0 aliphatic rings. The quantitative estimate of drug-likeness (QED) is 0.308. The lowest BCUT2D eigenvalue weighted by atomic mass is 10.3. The first-order chi connectivity index (χ1) is 11.0. The van der Waals surface area contributed by atoms with Gasteiger partial charge in [0.15, 0.2) is 5.16 Å². The van der Waals surface area contributed by atoms with Gasteiger partial charge >= 0.3 is 5.97 Å². The summed E-state index contributed by atoms with van der Waals surface area (Å²) in [5.41, 5.74) is 1.77. The van der Waals surface area contributed by atoms with Crippen molar-refractivity contribution in [3.8, 4) is 5.75 Å². The van der Waals surface area contributed by atoms with Crippen LogP contribution in [0.3, 0.4) is 0 Å². The number of hydrogen-bond donors (Lipinski definition) is 0. The summed E-state index contributed by atoms with van der Waals surface area (Å²) in [4.78, 5) is 20.2. The lowest BCUT2D eigenvalue weighted by Crippen LogP contribution is -2.14. The molecule has 0 saturated heterocycles. The van der Waals surface area contributed by atoms with Crippen LogP contribution in [-0.4, -0.2) is 34.9 Å². The van der Waals surface area contributed by atoms with E-state index in [2.05, 4.69) is 25.9 Å². The summed E-state index contributed by atoms with van der Waals surface area (Å²) in [5, 5.41) is 0.588. The van der Waals surface area contributed by atoms with Gasteiger partial charge in [-0.3, -0.25) is 4.79 Å². The molecule has 1 aromatic carbocycles. The summed E-state index contributed by atoms with van der Waals surface area (Å²) in [5.74, 6) is 0.612. The van der Waals surface area contributed by atoms with Crippen LogP contribution in [0.25, 0.3) is 0 Å². The smallest absolute Gasteiger partial charge is 0.316 e. The lowest BCUT2D eigenvalue weighted by molar-refractivity contribution is -0.141. The first-order valence-electron chi connectivity index (χ1n) is 7.02. The maximum Gasteiger partial charge on any atom is 0.316 e. The van der Waals surface area contributed by atoms with E-state index in [1.807, 2.05) is 44.2 Å². The third kappa shape index (κ3) is 6.58. The van der Waals surface area contributed by atoms with Gasteiger partial charge in [0.05, 0.1) is 5.75 Å². The van der Waals surface area contributed by atoms with Crippen molar-refractivity contribution in [2.75, 3.05) is 19.0 Å². The zero-order valence-corrected chi connectivity index (χ0v) is 15.3. The zero-order valence-electron chi connectivity index (χ0n) is 12.9. The van der Waals surface area contributed by atoms with Crippen LogP contribution >= 0.6 is 27.7 Å². The highest BCUT2D eigenvalue weighted by Gasteiger charge is 2.07. The molecular formula is C16H17BrN2O3S. The highest BCUT2D eigenvalue weighted by molar-refractivity contribution is 9.10. The SMILES string of the molecule is Cc1cc(C)nc(SCC(=O)OCCOc2ccc(Br)cc2)n1.